The number of hydrogen-bond donors (Lipinski definition) is 0. The van der Waals surface area contributed by atoms with E-state index in [4.69, 9.17) is 9.47 Å². The minimum atomic E-state index is -0.236. The molecule has 0 aromatic carbocycles. The molecule has 0 saturated heterocycles. The maximum atomic E-state index is 12.6. The van der Waals surface area contributed by atoms with E-state index in [1.807, 2.05) is 49.1 Å². The second-order valence-electron chi connectivity index (χ2n) is 14.4. The van der Waals surface area contributed by atoms with E-state index in [2.05, 4.69) is 23.0 Å². The summed E-state index contributed by atoms with van der Waals surface area (Å²) in [6.45, 7) is 7.17. The van der Waals surface area contributed by atoms with Gasteiger partial charge in [0.05, 0.1) is 13.2 Å². The van der Waals surface area contributed by atoms with Gasteiger partial charge in [-0.15, -0.1) is 0 Å². The van der Waals surface area contributed by atoms with Crippen LogP contribution in [-0.2, 0) is 22.6 Å². The van der Waals surface area contributed by atoms with Crippen LogP contribution in [0.1, 0.15) is 202 Å². The summed E-state index contributed by atoms with van der Waals surface area (Å²) in [7, 11) is 0. The number of aryl methyl sites for hydroxylation is 2. The number of carbonyl (C=O) groups excluding carboxylic acids is 2. The highest BCUT2D eigenvalue weighted by atomic mass is 16.5. The van der Waals surface area contributed by atoms with Crippen molar-refractivity contribution in [3.05, 3.63) is 60.2 Å². The second kappa shape index (κ2) is 31.0. The molecule has 0 fully saturated rings. The fourth-order valence-corrected chi connectivity index (χ4v) is 6.53. The minimum absolute atomic E-state index is 0.236. The van der Waals surface area contributed by atoms with Gasteiger partial charge in [-0.1, -0.05) is 155 Å². The van der Waals surface area contributed by atoms with Crippen LogP contribution in [0.3, 0.4) is 0 Å². The van der Waals surface area contributed by atoms with Gasteiger partial charge in [0.2, 0.25) is 0 Å². The van der Waals surface area contributed by atoms with Crippen LogP contribution in [0.5, 0.6) is 0 Å². The summed E-state index contributed by atoms with van der Waals surface area (Å²) < 4.78 is 15.3. The Morgan fingerprint density at radius 3 is 1.06 bits per heavy atom. The number of unbranched alkanes of at least 4 members (excludes halogenated alkanes) is 23. The fourth-order valence-electron chi connectivity index (χ4n) is 6.53. The number of ether oxygens (including phenoxy) is 2. The Kier molecular flexibility index (Phi) is 26.9. The molecule has 0 aliphatic heterocycles. The number of nitrogens with zero attached hydrogens (tertiary/aromatic N) is 2. The number of rotatable bonds is 33. The number of carbonyl (C=O) groups is 2. The Balaban J connectivity index is 1.51. The van der Waals surface area contributed by atoms with Crippen molar-refractivity contribution in [3.8, 4) is 0 Å². The Hall–Kier alpha value is -2.76. The van der Waals surface area contributed by atoms with Crippen LogP contribution >= 0.6 is 0 Å². The van der Waals surface area contributed by atoms with E-state index in [1.54, 1.807) is 0 Å². The van der Waals surface area contributed by atoms with Gasteiger partial charge in [0.1, 0.15) is 24.2 Å². The molecule has 0 radical (unpaired) electrons. The highest BCUT2D eigenvalue weighted by Gasteiger charge is 2.14. The summed E-state index contributed by atoms with van der Waals surface area (Å²) in [5.41, 5.74) is 1.21. The van der Waals surface area contributed by atoms with Crippen LogP contribution in [0.4, 0.5) is 0 Å². The fraction of sp³-hybridized carbons (Fsp3) is 0.727. The molecule has 50 heavy (non-hydrogen) atoms. The van der Waals surface area contributed by atoms with Gasteiger partial charge in [0.25, 0.3) is 0 Å². The Morgan fingerprint density at radius 1 is 0.440 bits per heavy atom. The molecule has 282 valence electrons. The molecule has 0 aliphatic rings. The topological polar surface area (TPSA) is 60.4 Å². The van der Waals surface area contributed by atoms with Gasteiger partial charge in [-0.05, 0) is 25.0 Å². The van der Waals surface area contributed by atoms with Crippen molar-refractivity contribution < 1.29 is 28.2 Å². The Bertz CT molecular complexity index is 1030. The van der Waals surface area contributed by atoms with Gasteiger partial charge in [0.15, 0.2) is 24.8 Å². The third-order valence-corrected chi connectivity index (χ3v) is 9.73. The van der Waals surface area contributed by atoms with E-state index >= 15 is 0 Å². The Labute approximate surface area is 306 Å². The van der Waals surface area contributed by atoms with Gasteiger partial charge in [0, 0.05) is 25.0 Å². The zero-order valence-corrected chi connectivity index (χ0v) is 32.4. The predicted molar refractivity (Wildman–Crippen MR) is 205 cm³/mol. The molecular weight excluding hydrogens is 620 g/mol. The summed E-state index contributed by atoms with van der Waals surface area (Å²) in [5.74, 6) is -0.471. The molecule has 6 heteroatoms. The second-order valence-corrected chi connectivity index (χ2v) is 14.4. The lowest BCUT2D eigenvalue weighted by Gasteiger charge is -2.06. The SMILES string of the molecule is CCCCCCCCCCCCCCOC(=O)c1ccc[n+](CCCC[n+]2cccc(C(=O)OCCCCCCCCCCCCCC)c2)c1. The van der Waals surface area contributed by atoms with Crippen LogP contribution in [0.2, 0.25) is 0 Å². The van der Waals surface area contributed by atoms with Gasteiger partial charge in [-0.2, -0.15) is 0 Å². The summed E-state index contributed by atoms with van der Waals surface area (Å²) in [4.78, 5) is 25.2. The largest absolute Gasteiger partial charge is 0.462 e. The van der Waals surface area contributed by atoms with Crippen molar-refractivity contribution in [3.63, 3.8) is 0 Å². The monoisotopic (exact) mass is 695 g/mol. The van der Waals surface area contributed by atoms with Crippen molar-refractivity contribution in [1.29, 1.82) is 0 Å². The third-order valence-electron chi connectivity index (χ3n) is 9.73. The highest BCUT2D eigenvalue weighted by molar-refractivity contribution is 5.89. The normalized spacial score (nSPS) is 11.2. The van der Waals surface area contributed by atoms with E-state index in [9.17, 15) is 9.59 Å². The molecule has 0 amide bonds. The smallest absolute Gasteiger partial charge is 0.344 e. The summed E-state index contributed by atoms with van der Waals surface area (Å²) >= 11 is 0. The van der Waals surface area contributed by atoms with E-state index in [-0.39, 0.29) is 11.9 Å². The maximum Gasteiger partial charge on any atom is 0.344 e. The molecule has 6 nitrogen and oxygen atoms in total. The van der Waals surface area contributed by atoms with E-state index < -0.39 is 0 Å². The van der Waals surface area contributed by atoms with E-state index in [0.717, 1.165) is 51.6 Å². The molecule has 2 aromatic heterocycles. The zero-order valence-electron chi connectivity index (χ0n) is 32.4. The summed E-state index contributed by atoms with van der Waals surface area (Å²) in [6, 6.07) is 7.50. The average molecular weight is 695 g/mol. The highest BCUT2D eigenvalue weighted by Crippen LogP contribution is 2.14. The zero-order chi connectivity index (χ0) is 35.7. The van der Waals surface area contributed by atoms with Gasteiger partial charge >= 0.3 is 11.9 Å². The lowest BCUT2D eigenvalue weighted by Crippen LogP contribution is -2.36. The van der Waals surface area contributed by atoms with Crippen molar-refractivity contribution in [2.45, 2.75) is 194 Å². The first-order valence-electron chi connectivity index (χ1n) is 21.0. The number of hydrogen-bond acceptors (Lipinski definition) is 4. The molecule has 0 unspecified atom stereocenters. The molecule has 2 heterocycles. The standard InChI is InChI=1S/C44H74N2O4/c1-3-5-7-9-11-13-15-17-19-21-23-27-37-49-43(47)41-31-29-35-45(39-41)33-25-26-34-46-36-30-32-42(40-46)44(48)50-38-28-24-22-20-18-16-14-12-10-8-6-4-2/h29-32,35-36,39-40H,3-28,33-34,37-38H2,1-2H3/q+2. The molecule has 2 rings (SSSR count). The van der Waals surface area contributed by atoms with Crippen molar-refractivity contribution in [1.82, 2.24) is 0 Å². The molecule has 2 aromatic rings. The maximum absolute atomic E-state index is 12.6. The number of esters is 2. The Morgan fingerprint density at radius 2 is 0.740 bits per heavy atom. The van der Waals surface area contributed by atoms with Crippen molar-refractivity contribution >= 4 is 11.9 Å². The first-order valence-corrected chi connectivity index (χ1v) is 21.0. The first kappa shape index (κ1) is 43.4. The number of aromatic nitrogens is 2. The lowest BCUT2D eigenvalue weighted by atomic mass is 10.1. The number of pyridine rings is 2. The molecule has 0 aliphatic carbocycles. The van der Waals surface area contributed by atoms with Gasteiger partial charge in [-0.3, -0.25) is 0 Å². The first-order chi connectivity index (χ1) is 24.6. The molecule has 0 N–H and O–H groups in total. The summed E-state index contributed by atoms with van der Waals surface area (Å²) in [5, 5.41) is 0. The van der Waals surface area contributed by atoms with E-state index in [0.29, 0.717) is 24.3 Å². The van der Waals surface area contributed by atoms with Gasteiger partial charge < -0.3 is 9.47 Å². The van der Waals surface area contributed by atoms with Crippen LogP contribution < -0.4 is 9.13 Å². The molecular formula is C44H74N2O4+2. The van der Waals surface area contributed by atoms with Crippen LogP contribution in [-0.4, -0.2) is 25.2 Å². The van der Waals surface area contributed by atoms with Crippen LogP contribution in [0, 0.1) is 0 Å². The van der Waals surface area contributed by atoms with Crippen molar-refractivity contribution in [2.75, 3.05) is 13.2 Å². The molecule has 0 spiro atoms. The lowest BCUT2D eigenvalue weighted by molar-refractivity contribution is -0.708. The minimum Gasteiger partial charge on any atom is -0.462 e. The molecule has 0 atom stereocenters. The third kappa shape index (κ3) is 22.9. The van der Waals surface area contributed by atoms with Crippen LogP contribution in [0.15, 0.2) is 49.1 Å². The quantitative estimate of drug-likeness (QED) is 0.0424. The van der Waals surface area contributed by atoms with E-state index in [1.165, 1.54) is 128 Å². The van der Waals surface area contributed by atoms with Crippen molar-refractivity contribution in [2.24, 2.45) is 0 Å². The molecule has 0 bridgehead atoms. The van der Waals surface area contributed by atoms with Crippen LogP contribution in [0.25, 0.3) is 0 Å². The molecule has 0 saturated carbocycles. The van der Waals surface area contributed by atoms with Gasteiger partial charge in [-0.25, -0.2) is 18.7 Å². The predicted octanol–water partition coefficient (Wildman–Crippen LogP) is 11.5. The summed E-state index contributed by atoms with van der Waals surface area (Å²) in [6.07, 6.45) is 40.8. The average Bonchev–Trinajstić information content (AvgIpc) is 3.14.